The molecule has 1 rings (SSSR count). The van der Waals surface area contributed by atoms with Crippen LogP contribution in [0, 0.1) is 0 Å². The van der Waals surface area contributed by atoms with Crippen LogP contribution in [0.5, 0.6) is 0 Å². The van der Waals surface area contributed by atoms with Crippen LogP contribution in [0.15, 0.2) is 27.6 Å². The van der Waals surface area contributed by atoms with Gasteiger partial charge in [0.05, 0.1) is 25.4 Å². The minimum Gasteiger partial charge on any atom is -0.382 e. The molecule has 0 aliphatic carbocycles. The highest BCUT2D eigenvalue weighted by Gasteiger charge is 2.08. The van der Waals surface area contributed by atoms with Crippen molar-refractivity contribution in [3.8, 4) is 0 Å². The Morgan fingerprint density at radius 1 is 1.39 bits per heavy atom. The third-order valence-electron chi connectivity index (χ3n) is 2.17. The first-order valence-corrected chi connectivity index (χ1v) is 6.72. The molecule has 0 unspecified atom stereocenters. The minimum atomic E-state index is -0.150. The van der Waals surface area contributed by atoms with Gasteiger partial charge < -0.3 is 14.8 Å². The van der Waals surface area contributed by atoms with Crippen LogP contribution in [-0.2, 0) is 9.47 Å². The first-order valence-electron chi connectivity index (χ1n) is 5.48. The zero-order valence-corrected chi connectivity index (χ0v) is 12.6. The first kappa shape index (κ1) is 15.5. The zero-order valence-electron chi connectivity index (χ0n) is 10.1. The summed E-state index contributed by atoms with van der Waals surface area (Å²) in [5.41, 5.74) is 0.554. The molecule has 0 radical (unpaired) electrons. The molecule has 0 saturated carbocycles. The van der Waals surface area contributed by atoms with Crippen molar-refractivity contribution in [3.63, 3.8) is 0 Å². The summed E-state index contributed by atoms with van der Waals surface area (Å²) in [6.45, 7) is 2.02. The molecular formula is C12H16BrNO3S. The van der Waals surface area contributed by atoms with Crippen molar-refractivity contribution in [2.45, 2.75) is 4.90 Å². The number of methoxy groups -OCH3 is 1. The number of benzene rings is 1. The maximum absolute atomic E-state index is 11.8. The summed E-state index contributed by atoms with van der Waals surface area (Å²) in [4.78, 5) is 12.5. The quantitative estimate of drug-likeness (QED) is 0.593. The zero-order chi connectivity index (χ0) is 13.4. The Morgan fingerprint density at radius 2 is 2.17 bits per heavy atom. The normalized spacial score (nSPS) is 10.4. The van der Waals surface area contributed by atoms with Crippen molar-refractivity contribution in [2.75, 3.05) is 33.5 Å². The van der Waals surface area contributed by atoms with Gasteiger partial charge in [0.15, 0.2) is 0 Å². The fourth-order valence-electron chi connectivity index (χ4n) is 1.27. The minimum absolute atomic E-state index is 0.150. The molecule has 1 amide bonds. The molecule has 0 aliphatic heterocycles. The summed E-state index contributed by atoms with van der Waals surface area (Å²) in [7, 11) is 1.62. The predicted molar refractivity (Wildman–Crippen MR) is 76.4 cm³/mol. The van der Waals surface area contributed by atoms with Crippen LogP contribution in [-0.4, -0.2) is 39.4 Å². The van der Waals surface area contributed by atoms with Crippen molar-refractivity contribution >= 4 is 34.5 Å². The number of rotatable bonds is 7. The fourth-order valence-corrected chi connectivity index (χ4v) is 2.13. The van der Waals surface area contributed by atoms with Crippen LogP contribution in [0.4, 0.5) is 0 Å². The average Bonchev–Trinajstić information content (AvgIpc) is 2.33. The lowest BCUT2D eigenvalue weighted by Crippen LogP contribution is -2.27. The molecule has 0 heterocycles. The lowest BCUT2D eigenvalue weighted by atomic mass is 10.2. The van der Waals surface area contributed by atoms with Gasteiger partial charge >= 0.3 is 0 Å². The topological polar surface area (TPSA) is 47.6 Å². The molecule has 1 aromatic rings. The molecule has 4 nitrogen and oxygen atoms in total. The van der Waals surface area contributed by atoms with Gasteiger partial charge in [-0.1, -0.05) is 15.9 Å². The van der Waals surface area contributed by atoms with Gasteiger partial charge in [-0.3, -0.25) is 4.79 Å². The molecule has 6 heteroatoms. The Hall–Kier alpha value is -0.560. The lowest BCUT2D eigenvalue weighted by Gasteiger charge is -2.08. The van der Waals surface area contributed by atoms with Crippen molar-refractivity contribution in [2.24, 2.45) is 0 Å². The number of halogens is 1. The number of hydrogen-bond acceptors (Lipinski definition) is 4. The predicted octanol–water partition coefficient (Wildman–Crippen LogP) is 2.13. The van der Waals surface area contributed by atoms with E-state index in [0.29, 0.717) is 36.8 Å². The monoisotopic (exact) mass is 333 g/mol. The van der Waals surface area contributed by atoms with E-state index in [1.807, 2.05) is 6.07 Å². The van der Waals surface area contributed by atoms with Crippen LogP contribution in [0.2, 0.25) is 0 Å². The number of carbonyl (C=O) groups is 1. The Balaban J connectivity index is 2.32. The van der Waals surface area contributed by atoms with E-state index in [2.05, 4.69) is 33.9 Å². The van der Waals surface area contributed by atoms with Gasteiger partial charge in [-0.2, -0.15) is 0 Å². The van der Waals surface area contributed by atoms with Gasteiger partial charge in [-0.05, 0) is 18.2 Å². The molecule has 0 atom stereocenters. The van der Waals surface area contributed by atoms with Crippen LogP contribution in [0.3, 0.4) is 0 Å². The van der Waals surface area contributed by atoms with E-state index in [1.54, 1.807) is 19.2 Å². The SMILES string of the molecule is COCCOCCNC(=O)c1ccc(Br)cc1S. The molecule has 100 valence electrons. The number of nitrogens with one attached hydrogen (secondary N) is 1. The maximum atomic E-state index is 11.8. The molecule has 0 fully saturated rings. The summed E-state index contributed by atoms with van der Waals surface area (Å²) < 4.78 is 11.0. The fraction of sp³-hybridized carbons (Fsp3) is 0.417. The van der Waals surface area contributed by atoms with Gasteiger partial charge in [-0.25, -0.2) is 0 Å². The van der Waals surface area contributed by atoms with E-state index in [9.17, 15) is 4.79 Å². The number of ether oxygens (including phenoxy) is 2. The van der Waals surface area contributed by atoms with Gasteiger partial charge in [0.2, 0.25) is 0 Å². The van der Waals surface area contributed by atoms with E-state index >= 15 is 0 Å². The number of amides is 1. The highest BCUT2D eigenvalue weighted by atomic mass is 79.9. The lowest BCUT2D eigenvalue weighted by molar-refractivity contribution is 0.0692. The maximum Gasteiger partial charge on any atom is 0.252 e. The van der Waals surface area contributed by atoms with Crippen LogP contribution in [0.1, 0.15) is 10.4 Å². The largest absolute Gasteiger partial charge is 0.382 e. The molecule has 1 aromatic carbocycles. The van der Waals surface area contributed by atoms with Gasteiger partial charge in [0.25, 0.3) is 5.91 Å². The van der Waals surface area contributed by atoms with Gasteiger partial charge in [0.1, 0.15) is 0 Å². The van der Waals surface area contributed by atoms with E-state index in [0.717, 1.165) is 4.47 Å². The third-order valence-corrected chi connectivity index (χ3v) is 3.03. The third kappa shape index (κ3) is 5.39. The van der Waals surface area contributed by atoms with Crippen LogP contribution in [0.25, 0.3) is 0 Å². The molecule has 0 aliphatic rings. The molecule has 0 saturated heterocycles. The van der Waals surface area contributed by atoms with Crippen molar-refractivity contribution < 1.29 is 14.3 Å². The Kier molecular flexibility index (Phi) is 7.34. The second-order valence-electron chi connectivity index (χ2n) is 3.52. The Labute approximate surface area is 121 Å². The van der Waals surface area contributed by atoms with Gasteiger partial charge in [0, 0.05) is 23.0 Å². The van der Waals surface area contributed by atoms with Crippen molar-refractivity contribution in [1.82, 2.24) is 5.32 Å². The van der Waals surface area contributed by atoms with Gasteiger partial charge in [-0.15, -0.1) is 12.6 Å². The Morgan fingerprint density at radius 3 is 2.83 bits per heavy atom. The molecule has 1 N–H and O–H groups in total. The standard InChI is InChI=1S/C12H16BrNO3S/c1-16-6-7-17-5-4-14-12(15)10-3-2-9(13)8-11(10)18/h2-3,8,18H,4-7H2,1H3,(H,14,15). The highest BCUT2D eigenvalue weighted by molar-refractivity contribution is 9.10. The van der Waals surface area contributed by atoms with Crippen molar-refractivity contribution in [1.29, 1.82) is 0 Å². The van der Waals surface area contributed by atoms with Crippen molar-refractivity contribution in [3.05, 3.63) is 28.2 Å². The molecule has 0 aromatic heterocycles. The van der Waals surface area contributed by atoms with E-state index in [1.165, 1.54) is 0 Å². The summed E-state index contributed by atoms with van der Waals surface area (Å²) in [6, 6.07) is 5.32. The summed E-state index contributed by atoms with van der Waals surface area (Å²) in [5.74, 6) is -0.150. The van der Waals surface area contributed by atoms with E-state index < -0.39 is 0 Å². The second-order valence-corrected chi connectivity index (χ2v) is 4.92. The second kappa shape index (κ2) is 8.53. The molecular weight excluding hydrogens is 318 g/mol. The van der Waals surface area contributed by atoms with E-state index in [4.69, 9.17) is 9.47 Å². The smallest absolute Gasteiger partial charge is 0.252 e. The number of thiol groups is 1. The number of carbonyl (C=O) groups excluding carboxylic acids is 1. The average molecular weight is 334 g/mol. The Bertz CT molecular complexity index is 401. The van der Waals surface area contributed by atoms with E-state index in [-0.39, 0.29) is 5.91 Å². The molecule has 0 spiro atoms. The number of hydrogen-bond donors (Lipinski definition) is 2. The highest BCUT2D eigenvalue weighted by Crippen LogP contribution is 2.19. The summed E-state index contributed by atoms with van der Waals surface area (Å²) in [5, 5.41) is 2.77. The van der Waals surface area contributed by atoms with Crippen LogP contribution >= 0.6 is 28.6 Å². The molecule has 0 bridgehead atoms. The first-order chi connectivity index (χ1) is 8.65. The molecule has 18 heavy (non-hydrogen) atoms. The summed E-state index contributed by atoms with van der Waals surface area (Å²) >= 11 is 7.58. The summed E-state index contributed by atoms with van der Waals surface area (Å²) in [6.07, 6.45) is 0. The van der Waals surface area contributed by atoms with Crippen LogP contribution < -0.4 is 5.32 Å².